The van der Waals surface area contributed by atoms with E-state index in [1.165, 1.54) is 5.56 Å². The summed E-state index contributed by atoms with van der Waals surface area (Å²) in [5, 5.41) is 1.75. The Morgan fingerprint density at radius 1 is 1.26 bits per heavy atom. The van der Waals surface area contributed by atoms with Gasteiger partial charge in [-0.15, -0.1) is 11.3 Å². The first-order valence-corrected chi connectivity index (χ1v) is 8.54. The highest BCUT2D eigenvalue weighted by Crippen LogP contribution is 2.34. The first kappa shape index (κ1) is 16.4. The minimum atomic E-state index is -4.34. The van der Waals surface area contributed by atoms with Gasteiger partial charge in [0.15, 0.2) is 5.69 Å². The number of thiazole rings is 1. The number of alkyl halides is 3. The molecule has 3 heterocycles. The Morgan fingerprint density at radius 2 is 2.04 bits per heavy atom. The van der Waals surface area contributed by atoms with Crippen LogP contribution in [-0.4, -0.2) is 34.5 Å². The van der Waals surface area contributed by atoms with Crippen LogP contribution in [0.5, 0.6) is 0 Å². The fraction of sp³-hybridized carbons (Fsp3) is 0.500. The maximum absolute atomic E-state index is 12.7. The molecule has 0 spiro atoms. The molecule has 0 amide bonds. The third-order valence-electron chi connectivity index (χ3n) is 4.13. The minimum absolute atomic E-state index is 0.113. The number of likely N-dealkylation sites (tertiary alicyclic amines) is 1. The molecule has 1 fully saturated rings. The summed E-state index contributed by atoms with van der Waals surface area (Å²) in [5.74, 6) is 0.113. The van der Waals surface area contributed by atoms with Crippen molar-refractivity contribution in [3.8, 4) is 0 Å². The lowest BCUT2D eigenvalue weighted by Crippen LogP contribution is -2.35. The van der Waals surface area contributed by atoms with Crippen molar-refractivity contribution in [2.45, 2.75) is 31.4 Å². The van der Waals surface area contributed by atoms with Crippen molar-refractivity contribution in [2.24, 2.45) is 0 Å². The topological polar surface area (TPSA) is 29.0 Å². The molecule has 0 aliphatic carbocycles. The lowest BCUT2D eigenvalue weighted by molar-refractivity contribution is -0.140. The van der Waals surface area contributed by atoms with E-state index in [2.05, 4.69) is 14.9 Å². The van der Waals surface area contributed by atoms with Crippen LogP contribution in [0.1, 0.15) is 35.0 Å². The second-order valence-corrected chi connectivity index (χ2v) is 6.70. The van der Waals surface area contributed by atoms with Crippen LogP contribution in [-0.2, 0) is 12.6 Å². The summed E-state index contributed by atoms with van der Waals surface area (Å²) < 4.78 is 38.0. The molecule has 7 heteroatoms. The Morgan fingerprint density at radius 3 is 2.74 bits per heavy atom. The molecule has 124 valence electrons. The SMILES string of the molecule is FC(F)(F)c1csc([C@H]2CCCN(CCc3ccncc3)C2)n1. The lowest BCUT2D eigenvalue weighted by Gasteiger charge is -2.31. The molecule has 0 saturated carbocycles. The van der Waals surface area contributed by atoms with Crippen LogP contribution in [0.25, 0.3) is 0 Å². The van der Waals surface area contributed by atoms with E-state index in [9.17, 15) is 13.2 Å². The van der Waals surface area contributed by atoms with Crippen LogP contribution < -0.4 is 0 Å². The van der Waals surface area contributed by atoms with Gasteiger partial charge in [-0.2, -0.15) is 13.2 Å². The van der Waals surface area contributed by atoms with Gasteiger partial charge in [-0.3, -0.25) is 4.98 Å². The summed E-state index contributed by atoms with van der Waals surface area (Å²) in [7, 11) is 0. The average Bonchev–Trinajstić information content (AvgIpc) is 3.05. The Labute approximate surface area is 137 Å². The average molecular weight is 341 g/mol. The van der Waals surface area contributed by atoms with Crippen LogP contribution in [0.15, 0.2) is 29.9 Å². The lowest BCUT2D eigenvalue weighted by atomic mass is 9.98. The quantitative estimate of drug-likeness (QED) is 0.842. The molecule has 1 atom stereocenters. The van der Waals surface area contributed by atoms with Crippen molar-refractivity contribution in [2.75, 3.05) is 19.6 Å². The summed E-state index contributed by atoms with van der Waals surface area (Å²) in [5.41, 5.74) is 0.474. The van der Waals surface area contributed by atoms with Crippen molar-refractivity contribution in [3.05, 3.63) is 46.2 Å². The van der Waals surface area contributed by atoms with Gasteiger partial charge in [0.25, 0.3) is 0 Å². The number of nitrogens with zero attached hydrogens (tertiary/aromatic N) is 3. The van der Waals surface area contributed by atoms with Gasteiger partial charge in [0.1, 0.15) is 0 Å². The number of piperidine rings is 1. The predicted octanol–water partition coefficient (Wildman–Crippen LogP) is 3.98. The van der Waals surface area contributed by atoms with Crippen molar-refractivity contribution in [1.82, 2.24) is 14.9 Å². The van der Waals surface area contributed by atoms with Gasteiger partial charge in [-0.25, -0.2) is 4.98 Å². The fourth-order valence-electron chi connectivity index (χ4n) is 2.90. The van der Waals surface area contributed by atoms with Crippen LogP contribution in [0.2, 0.25) is 0 Å². The number of halogens is 3. The molecule has 0 unspecified atom stereocenters. The molecule has 2 aromatic heterocycles. The third kappa shape index (κ3) is 4.29. The molecule has 1 aliphatic rings. The highest BCUT2D eigenvalue weighted by Gasteiger charge is 2.35. The van der Waals surface area contributed by atoms with E-state index in [0.29, 0.717) is 5.01 Å². The van der Waals surface area contributed by atoms with Crippen molar-refractivity contribution < 1.29 is 13.2 Å². The monoisotopic (exact) mass is 341 g/mol. The van der Waals surface area contributed by atoms with Gasteiger partial charge in [-0.1, -0.05) is 0 Å². The first-order chi connectivity index (χ1) is 11.0. The molecular formula is C16H18F3N3S. The largest absolute Gasteiger partial charge is 0.434 e. The van der Waals surface area contributed by atoms with Crippen molar-refractivity contribution in [1.29, 1.82) is 0 Å². The van der Waals surface area contributed by atoms with Crippen LogP contribution >= 0.6 is 11.3 Å². The molecule has 0 N–H and O–H groups in total. The molecular weight excluding hydrogens is 323 g/mol. The summed E-state index contributed by atoms with van der Waals surface area (Å²) in [6.07, 6.45) is 2.06. The van der Waals surface area contributed by atoms with Crippen molar-refractivity contribution >= 4 is 11.3 Å². The van der Waals surface area contributed by atoms with E-state index in [0.717, 1.165) is 55.6 Å². The van der Waals surface area contributed by atoms with Gasteiger partial charge in [-0.05, 0) is 43.5 Å². The summed E-state index contributed by atoms with van der Waals surface area (Å²) in [6, 6.07) is 4.00. The maximum atomic E-state index is 12.7. The molecule has 3 rings (SSSR count). The molecule has 2 aromatic rings. The second kappa shape index (κ2) is 6.97. The maximum Gasteiger partial charge on any atom is 0.434 e. The zero-order valence-electron chi connectivity index (χ0n) is 12.6. The molecule has 0 radical (unpaired) electrons. The fourth-order valence-corrected chi connectivity index (χ4v) is 3.86. The van der Waals surface area contributed by atoms with Gasteiger partial charge >= 0.3 is 6.18 Å². The predicted molar refractivity (Wildman–Crippen MR) is 83.5 cm³/mol. The summed E-state index contributed by atoms with van der Waals surface area (Å²) >= 11 is 1.13. The molecule has 0 bridgehead atoms. The Bertz CT molecular complexity index is 627. The summed E-state index contributed by atoms with van der Waals surface area (Å²) in [4.78, 5) is 10.1. The van der Waals surface area contributed by atoms with E-state index in [1.807, 2.05) is 12.1 Å². The standard InChI is InChI=1S/C16H18F3N3S/c17-16(18,19)14-11-23-15(21-14)13-2-1-8-22(10-13)9-5-12-3-6-20-7-4-12/h3-4,6-7,11,13H,1-2,5,8-10H2/t13-/m0/s1. The van der Waals surface area contributed by atoms with Crippen LogP contribution in [0.4, 0.5) is 13.2 Å². The van der Waals surface area contributed by atoms with E-state index in [-0.39, 0.29) is 5.92 Å². The van der Waals surface area contributed by atoms with Crippen LogP contribution in [0, 0.1) is 0 Å². The molecule has 1 aliphatic heterocycles. The molecule has 23 heavy (non-hydrogen) atoms. The van der Waals surface area contributed by atoms with E-state index >= 15 is 0 Å². The molecule has 0 aromatic carbocycles. The second-order valence-electron chi connectivity index (χ2n) is 5.81. The molecule has 3 nitrogen and oxygen atoms in total. The summed E-state index contributed by atoms with van der Waals surface area (Å²) in [6.45, 7) is 2.70. The Kier molecular flexibility index (Phi) is 4.96. The zero-order valence-corrected chi connectivity index (χ0v) is 13.4. The normalized spacial score (nSPS) is 19.9. The highest BCUT2D eigenvalue weighted by molar-refractivity contribution is 7.09. The zero-order chi connectivity index (χ0) is 16.3. The van der Waals surface area contributed by atoms with Crippen LogP contribution in [0.3, 0.4) is 0 Å². The number of aromatic nitrogens is 2. The van der Waals surface area contributed by atoms with E-state index in [4.69, 9.17) is 0 Å². The Balaban J connectivity index is 1.59. The van der Waals surface area contributed by atoms with Crippen molar-refractivity contribution in [3.63, 3.8) is 0 Å². The Hall–Kier alpha value is -1.47. The molecule has 1 saturated heterocycles. The highest BCUT2D eigenvalue weighted by atomic mass is 32.1. The van der Waals surface area contributed by atoms with Gasteiger partial charge in [0, 0.05) is 36.8 Å². The van der Waals surface area contributed by atoms with Gasteiger partial charge in [0.2, 0.25) is 0 Å². The number of hydrogen-bond acceptors (Lipinski definition) is 4. The van der Waals surface area contributed by atoms with Gasteiger partial charge < -0.3 is 4.90 Å². The number of rotatable bonds is 4. The number of hydrogen-bond donors (Lipinski definition) is 0. The minimum Gasteiger partial charge on any atom is -0.302 e. The number of pyridine rings is 1. The van der Waals surface area contributed by atoms with Gasteiger partial charge in [0.05, 0.1) is 5.01 Å². The first-order valence-electron chi connectivity index (χ1n) is 7.66. The van der Waals surface area contributed by atoms with E-state index < -0.39 is 11.9 Å². The van der Waals surface area contributed by atoms with E-state index in [1.54, 1.807) is 12.4 Å². The smallest absolute Gasteiger partial charge is 0.302 e. The third-order valence-corrected chi connectivity index (χ3v) is 5.14.